The molecular weight excluding hydrogens is 378 g/mol. The number of rotatable bonds is 5. The van der Waals surface area contributed by atoms with Crippen molar-refractivity contribution in [2.45, 2.75) is 6.54 Å². The molecule has 0 aliphatic heterocycles. The van der Waals surface area contributed by atoms with Crippen LogP contribution in [-0.4, -0.2) is 32.8 Å². The van der Waals surface area contributed by atoms with E-state index in [0.29, 0.717) is 22.1 Å². The smallest absolute Gasteiger partial charge is 0.251 e. The molecule has 0 unspecified atom stereocenters. The summed E-state index contributed by atoms with van der Waals surface area (Å²) in [5.74, 6) is 1.06. The lowest BCUT2D eigenvalue weighted by molar-refractivity contribution is 0.0949. The van der Waals surface area contributed by atoms with Crippen molar-refractivity contribution in [2.24, 2.45) is 0 Å². The summed E-state index contributed by atoms with van der Waals surface area (Å²) in [6, 6.07) is 18.1. The molecule has 2 heterocycles. The number of carbonyl (C=O) groups excluding carboxylic acids is 1. The van der Waals surface area contributed by atoms with Gasteiger partial charge in [0.25, 0.3) is 5.91 Å². The molecule has 0 saturated carbocycles. The summed E-state index contributed by atoms with van der Waals surface area (Å²) in [6.45, 7) is 0.186. The Morgan fingerprint density at radius 1 is 1.11 bits per heavy atom. The second-order valence-corrected chi connectivity index (χ2v) is 6.46. The van der Waals surface area contributed by atoms with Crippen LogP contribution in [0, 0.1) is 0 Å². The second kappa shape index (κ2) is 7.66. The molecule has 2 aromatic heterocycles. The lowest BCUT2D eigenvalue weighted by Gasteiger charge is -2.06. The number of nitrogens with one attached hydrogen (secondary N) is 1. The molecule has 0 atom stereocenters. The van der Waals surface area contributed by atoms with E-state index in [9.17, 15) is 4.79 Å². The predicted octanol–water partition coefficient (Wildman–Crippen LogP) is 3.38. The lowest BCUT2D eigenvalue weighted by Crippen LogP contribution is -2.24. The maximum atomic E-state index is 12.3. The van der Waals surface area contributed by atoms with Gasteiger partial charge in [-0.1, -0.05) is 17.7 Å². The van der Waals surface area contributed by atoms with E-state index in [4.69, 9.17) is 16.3 Å². The molecule has 4 rings (SSSR count). The number of carbonyl (C=O) groups is 1. The van der Waals surface area contributed by atoms with Crippen molar-refractivity contribution in [3.05, 3.63) is 77.1 Å². The van der Waals surface area contributed by atoms with Crippen LogP contribution < -0.4 is 10.1 Å². The highest BCUT2D eigenvalue weighted by Crippen LogP contribution is 2.21. The highest BCUT2D eigenvalue weighted by atomic mass is 35.5. The van der Waals surface area contributed by atoms with Gasteiger partial charge in [0, 0.05) is 16.1 Å². The summed E-state index contributed by atoms with van der Waals surface area (Å²) in [5.41, 5.74) is 2.78. The van der Waals surface area contributed by atoms with Crippen LogP contribution in [0.3, 0.4) is 0 Å². The van der Waals surface area contributed by atoms with Gasteiger partial charge < -0.3 is 10.1 Å². The van der Waals surface area contributed by atoms with Crippen LogP contribution in [0.4, 0.5) is 0 Å². The number of nitrogens with zero attached hydrogens (tertiary/aromatic N) is 4. The first-order valence-electron chi connectivity index (χ1n) is 8.53. The van der Waals surface area contributed by atoms with Crippen molar-refractivity contribution in [3.8, 4) is 17.0 Å². The molecule has 1 N–H and O–H groups in total. The SMILES string of the molecule is COc1ccc(-c2ccc3nnc(CNC(=O)c4cccc(Cl)c4)n3n2)cc1. The molecule has 2 aromatic carbocycles. The topological polar surface area (TPSA) is 81.4 Å². The number of amides is 1. The maximum absolute atomic E-state index is 12.3. The Balaban J connectivity index is 1.56. The summed E-state index contributed by atoms with van der Waals surface area (Å²) in [6.07, 6.45) is 0. The Morgan fingerprint density at radius 3 is 2.68 bits per heavy atom. The highest BCUT2D eigenvalue weighted by molar-refractivity contribution is 6.30. The fourth-order valence-electron chi connectivity index (χ4n) is 2.75. The quantitative estimate of drug-likeness (QED) is 0.562. The summed E-state index contributed by atoms with van der Waals surface area (Å²) >= 11 is 5.94. The zero-order valence-electron chi connectivity index (χ0n) is 15.0. The minimum absolute atomic E-state index is 0.186. The molecule has 8 heteroatoms. The molecule has 0 bridgehead atoms. The van der Waals surface area contributed by atoms with Crippen LogP contribution in [0.1, 0.15) is 16.2 Å². The largest absolute Gasteiger partial charge is 0.497 e. The maximum Gasteiger partial charge on any atom is 0.251 e. The van der Waals surface area contributed by atoms with Crippen LogP contribution in [-0.2, 0) is 6.54 Å². The average molecular weight is 394 g/mol. The molecule has 0 aliphatic rings. The molecule has 28 heavy (non-hydrogen) atoms. The van der Waals surface area contributed by atoms with E-state index in [1.807, 2.05) is 36.4 Å². The van der Waals surface area contributed by atoms with Gasteiger partial charge >= 0.3 is 0 Å². The summed E-state index contributed by atoms with van der Waals surface area (Å²) < 4.78 is 6.81. The van der Waals surface area contributed by atoms with Gasteiger partial charge in [-0.25, -0.2) is 0 Å². The monoisotopic (exact) mass is 393 g/mol. The van der Waals surface area contributed by atoms with Crippen molar-refractivity contribution in [1.29, 1.82) is 0 Å². The van der Waals surface area contributed by atoms with Crippen molar-refractivity contribution >= 4 is 23.2 Å². The Kier molecular flexibility index (Phi) is 4.90. The first-order valence-corrected chi connectivity index (χ1v) is 8.91. The van der Waals surface area contributed by atoms with E-state index in [-0.39, 0.29) is 12.5 Å². The summed E-state index contributed by atoms with van der Waals surface area (Å²) in [5, 5.41) is 16.2. The number of ether oxygens (including phenoxy) is 1. The van der Waals surface area contributed by atoms with Crippen molar-refractivity contribution in [2.75, 3.05) is 7.11 Å². The van der Waals surface area contributed by atoms with Crippen LogP contribution in [0.25, 0.3) is 16.9 Å². The second-order valence-electron chi connectivity index (χ2n) is 6.03. The van der Waals surface area contributed by atoms with Crippen molar-refractivity contribution in [3.63, 3.8) is 0 Å². The zero-order chi connectivity index (χ0) is 19.5. The van der Waals surface area contributed by atoms with Gasteiger partial charge in [-0.05, 0) is 54.6 Å². The third kappa shape index (κ3) is 3.65. The minimum atomic E-state index is -0.245. The normalized spacial score (nSPS) is 10.8. The molecule has 0 spiro atoms. The lowest BCUT2D eigenvalue weighted by atomic mass is 10.1. The fraction of sp³-hybridized carbons (Fsp3) is 0.100. The van der Waals surface area contributed by atoms with E-state index in [2.05, 4.69) is 20.6 Å². The number of halogens is 1. The molecule has 0 saturated heterocycles. The first-order chi connectivity index (χ1) is 13.6. The molecule has 0 fully saturated rings. The van der Waals surface area contributed by atoms with E-state index in [1.165, 1.54) is 0 Å². The highest BCUT2D eigenvalue weighted by Gasteiger charge is 2.11. The zero-order valence-corrected chi connectivity index (χ0v) is 15.7. The Bertz CT molecular complexity index is 1140. The summed E-state index contributed by atoms with van der Waals surface area (Å²) in [4.78, 5) is 12.3. The van der Waals surface area contributed by atoms with Gasteiger partial charge in [0.05, 0.1) is 19.3 Å². The number of hydrogen-bond acceptors (Lipinski definition) is 5. The Labute approximate surface area is 165 Å². The van der Waals surface area contributed by atoms with Crippen molar-refractivity contribution in [1.82, 2.24) is 25.1 Å². The van der Waals surface area contributed by atoms with E-state index >= 15 is 0 Å². The average Bonchev–Trinajstić information content (AvgIpc) is 3.14. The van der Waals surface area contributed by atoms with Gasteiger partial charge in [0.1, 0.15) is 5.75 Å². The van der Waals surface area contributed by atoms with Crippen LogP contribution in [0.5, 0.6) is 5.75 Å². The third-order valence-corrected chi connectivity index (χ3v) is 4.44. The summed E-state index contributed by atoms with van der Waals surface area (Å²) in [7, 11) is 1.63. The molecule has 0 radical (unpaired) electrons. The Hall–Kier alpha value is -3.45. The van der Waals surface area contributed by atoms with Crippen LogP contribution >= 0.6 is 11.6 Å². The van der Waals surface area contributed by atoms with Gasteiger partial charge in [0.2, 0.25) is 0 Å². The fourth-order valence-corrected chi connectivity index (χ4v) is 2.94. The first kappa shape index (κ1) is 17.9. The molecule has 1 amide bonds. The van der Waals surface area contributed by atoms with Gasteiger partial charge in [0.15, 0.2) is 11.5 Å². The predicted molar refractivity (Wildman–Crippen MR) is 105 cm³/mol. The third-order valence-electron chi connectivity index (χ3n) is 4.21. The minimum Gasteiger partial charge on any atom is -0.497 e. The molecule has 7 nitrogen and oxygen atoms in total. The van der Waals surface area contributed by atoms with Crippen LogP contribution in [0.15, 0.2) is 60.7 Å². The molecular formula is C20H16ClN5O2. The van der Waals surface area contributed by atoms with Gasteiger partial charge in [-0.3, -0.25) is 4.79 Å². The molecule has 140 valence electrons. The number of aromatic nitrogens is 4. The number of benzene rings is 2. The van der Waals surface area contributed by atoms with Crippen molar-refractivity contribution < 1.29 is 9.53 Å². The van der Waals surface area contributed by atoms with Gasteiger partial charge in [-0.15, -0.1) is 10.2 Å². The number of fused-ring (bicyclic) bond motifs is 1. The van der Waals surface area contributed by atoms with Crippen LogP contribution in [0.2, 0.25) is 5.02 Å². The number of methoxy groups -OCH3 is 1. The van der Waals surface area contributed by atoms with E-state index < -0.39 is 0 Å². The van der Waals surface area contributed by atoms with E-state index in [0.717, 1.165) is 17.0 Å². The standard InChI is InChI=1S/C20H16ClN5O2/c1-28-16-7-5-13(6-8-16)17-9-10-18-23-24-19(26(18)25-17)12-22-20(27)14-3-2-4-15(21)11-14/h2-11H,12H2,1H3,(H,22,27). The molecule has 4 aromatic rings. The number of hydrogen-bond donors (Lipinski definition) is 1. The molecule has 0 aliphatic carbocycles. The van der Waals surface area contributed by atoms with Gasteiger partial charge in [-0.2, -0.15) is 9.61 Å². The Morgan fingerprint density at radius 2 is 1.93 bits per heavy atom. The van der Waals surface area contributed by atoms with E-state index in [1.54, 1.807) is 35.9 Å².